The van der Waals surface area contributed by atoms with Crippen LogP contribution in [0, 0.1) is 0 Å². The van der Waals surface area contributed by atoms with Gasteiger partial charge in [-0.05, 0) is 91.0 Å². The van der Waals surface area contributed by atoms with Gasteiger partial charge >= 0.3 is 0 Å². The Labute approximate surface area is 316 Å². The average Bonchev–Trinajstić information content (AvgIpc) is 3.72. The molecule has 53 heavy (non-hydrogen) atoms. The lowest BCUT2D eigenvalue weighted by Crippen LogP contribution is -2.28. The molecule has 1 heterocycles. The van der Waals surface area contributed by atoms with E-state index in [0.717, 1.165) is 10.2 Å². The molecule has 0 fully saturated rings. The summed E-state index contributed by atoms with van der Waals surface area (Å²) < 4.78 is 3.61. The maximum absolute atomic E-state index is 3.72. The van der Waals surface area contributed by atoms with E-state index in [2.05, 4.69) is 215 Å². The van der Waals surface area contributed by atoms with E-state index in [9.17, 15) is 0 Å². The lowest BCUT2D eigenvalue weighted by molar-refractivity contribution is 0.768. The van der Waals surface area contributed by atoms with E-state index in [4.69, 9.17) is 0 Å². The molecule has 1 aromatic heterocycles. The zero-order valence-corrected chi connectivity index (χ0v) is 30.4. The monoisotopic (exact) mass is 737 g/mol. The number of rotatable bonds is 4. The Hall–Kier alpha value is -6.22. The standard InChI is InChI=1S/C51H32BrN/c52-37-19-13-14-33(30-37)34-26-28-44-48(31-34)53(50-43-24-10-8-21-40(43)39-20-7-9-23-42(39)49(44)50)38-27-29-47-45(32-38)41-22-11-12-25-46(41)51(47,35-15-3-1-4-16-35)36-17-5-2-6-18-36/h1-32H. The molecule has 0 unspecified atom stereocenters. The number of benzene rings is 9. The minimum Gasteiger partial charge on any atom is -0.309 e. The first-order valence-corrected chi connectivity index (χ1v) is 19.0. The van der Waals surface area contributed by atoms with Gasteiger partial charge in [-0.2, -0.15) is 0 Å². The molecular formula is C51H32BrN. The van der Waals surface area contributed by atoms with Crippen molar-refractivity contribution in [3.05, 3.63) is 221 Å². The van der Waals surface area contributed by atoms with E-state index >= 15 is 0 Å². The van der Waals surface area contributed by atoms with E-state index in [0.29, 0.717) is 0 Å². The number of hydrogen-bond donors (Lipinski definition) is 0. The van der Waals surface area contributed by atoms with Gasteiger partial charge in [-0.15, -0.1) is 0 Å². The predicted molar refractivity (Wildman–Crippen MR) is 226 cm³/mol. The van der Waals surface area contributed by atoms with Crippen LogP contribution in [0.2, 0.25) is 0 Å². The lowest BCUT2D eigenvalue weighted by Gasteiger charge is -2.33. The Balaban J connectivity index is 1.28. The fourth-order valence-corrected chi connectivity index (χ4v) is 9.77. The third-order valence-corrected chi connectivity index (χ3v) is 12.0. The van der Waals surface area contributed by atoms with Gasteiger partial charge < -0.3 is 4.57 Å². The highest BCUT2D eigenvalue weighted by atomic mass is 79.9. The minimum absolute atomic E-state index is 0.440. The third-order valence-electron chi connectivity index (χ3n) is 11.5. The zero-order chi connectivity index (χ0) is 35.1. The zero-order valence-electron chi connectivity index (χ0n) is 28.8. The summed E-state index contributed by atoms with van der Waals surface area (Å²) in [6.07, 6.45) is 0. The van der Waals surface area contributed by atoms with Crippen LogP contribution in [-0.2, 0) is 5.41 Å². The largest absolute Gasteiger partial charge is 0.309 e. The Morgan fingerprint density at radius 1 is 0.396 bits per heavy atom. The molecule has 0 radical (unpaired) electrons. The number of halogens is 1. The fourth-order valence-electron chi connectivity index (χ4n) is 9.37. The second kappa shape index (κ2) is 11.6. The molecule has 10 aromatic rings. The molecule has 0 bridgehead atoms. The second-order valence-electron chi connectivity index (χ2n) is 14.1. The molecule has 1 aliphatic carbocycles. The number of hydrogen-bond acceptors (Lipinski definition) is 0. The highest BCUT2D eigenvalue weighted by Crippen LogP contribution is 2.56. The SMILES string of the molecule is Brc1cccc(-c2ccc3c4c5ccccc5c5ccccc5c4n(-c4ccc5c(c4)-c4ccccc4C5(c4ccccc4)c4ccccc4)c3c2)c1. The average molecular weight is 739 g/mol. The first-order valence-electron chi connectivity index (χ1n) is 18.2. The Morgan fingerprint density at radius 3 is 1.74 bits per heavy atom. The van der Waals surface area contributed by atoms with Gasteiger partial charge in [0.15, 0.2) is 0 Å². The topological polar surface area (TPSA) is 4.93 Å². The fraction of sp³-hybridized carbons (Fsp3) is 0.0196. The lowest BCUT2D eigenvalue weighted by atomic mass is 9.68. The van der Waals surface area contributed by atoms with Crippen LogP contribution in [0.1, 0.15) is 22.3 Å². The predicted octanol–water partition coefficient (Wildman–Crippen LogP) is 13.9. The van der Waals surface area contributed by atoms with Gasteiger partial charge in [0.1, 0.15) is 0 Å². The van der Waals surface area contributed by atoms with Crippen LogP contribution in [0.15, 0.2) is 199 Å². The molecule has 0 spiro atoms. The summed E-state index contributed by atoms with van der Waals surface area (Å²) in [4.78, 5) is 0. The van der Waals surface area contributed by atoms with Crippen LogP contribution in [-0.4, -0.2) is 4.57 Å². The smallest absolute Gasteiger partial charge is 0.0713 e. The van der Waals surface area contributed by atoms with Gasteiger partial charge in [0.05, 0.1) is 16.4 Å². The molecule has 0 N–H and O–H groups in total. The van der Waals surface area contributed by atoms with E-state index in [1.807, 2.05) is 0 Å². The summed E-state index contributed by atoms with van der Waals surface area (Å²) in [5, 5.41) is 7.63. The van der Waals surface area contributed by atoms with Gasteiger partial charge in [-0.1, -0.05) is 180 Å². The van der Waals surface area contributed by atoms with Crippen molar-refractivity contribution in [2.75, 3.05) is 0 Å². The maximum atomic E-state index is 3.72. The van der Waals surface area contributed by atoms with Gasteiger partial charge in [-0.3, -0.25) is 0 Å². The molecule has 248 valence electrons. The summed E-state index contributed by atoms with van der Waals surface area (Å²) in [6.45, 7) is 0. The van der Waals surface area contributed by atoms with Gasteiger partial charge in [0, 0.05) is 26.3 Å². The minimum atomic E-state index is -0.440. The van der Waals surface area contributed by atoms with Crippen molar-refractivity contribution in [2.24, 2.45) is 0 Å². The van der Waals surface area contributed by atoms with Crippen molar-refractivity contribution >= 4 is 59.3 Å². The Morgan fingerprint density at radius 2 is 1.00 bits per heavy atom. The molecular weight excluding hydrogens is 706 g/mol. The van der Waals surface area contributed by atoms with Crippen LogP contribution in [0.4, 0.5) is 0 Å². The molecule has 11 rings (SSSR count). The second-order valence-corrected chi connectivity index (χ2v) is 15.1. The number of fused-ring (bicyclic) bond motifs is 11. The van der Waals surface area contributed by atoms with E-state index < -0.39 is 5.41 Å². The summed E-state index contributed by atoms with van der Waals surface area (Å²) >= 11 is 3.72. The van der Waals surface area contributed by atoms with Crippen molar-refractivity contribution in [3.63, 3.8) is 0 Å². The Bertz CT molecular complexity index is 3020. The first kappa shape index (κ1) is 30.4. The van der Waals surface area contributed by atoms with Crippen LogP contribution in [0.3, 0.4) is 0 Å². The van der Waals surface area contributed by atoms with Gasteiger partial charge in [0.25, 0.3) is 0 Å². The van der Waals surface area contributed by atoms with Crippen LogP contribution >= 0.6 is 15.9 Å². The maximum Gasteiger partial charge on any atom is 0.0713 e. The molecule has 0 saturated heterocycles. The van der Waals surface area contributed by atoms with Crippen molar-refractivity contribution in [1.29, 1.82) is 0 Å². The van der Waals surface area contributed by atoms with Gasteiger partial charge in [-0.25, -0.2) is 0 Å². The van der Waals surface area contributed by atoms with Gasteiger partial charge in [0.2, 0.25) is 0 Å². The molecule has 9 aromatic carbocycles. The van der Waals surface area contributed by atoms with Crippen molar-refractivity contribution in [1.82, 2.24) is 4.57 Å². The molecule has 0 atom stereocenters. The molecule has 1 nitrogen and oxygen atoms in total. The third kappa shape index (κ3) is 4.30. The van der Waals surface area contributed by atoms with Crippen molar-refractivity contribution in [2.45, 2.75) is 5.41 Å². The normalized spacial score (nSPS) is 13.2. The van der Waals surface area contributed by atoms with E-state index in [-0.39, 0.29) is 0 Å². The summed E-state index contributed by atoms with van der Waals surface area (Å²) in [6, 6.07) is 71.8. The van der Waals surface area contributed by atoms with E-state index in [1.165, 1.54) is 87.9 Å². The van der Waals surface area contributed by atoms with Crippen molar-refractivity contribution in [3.8, 4) is 27.9 Å². The van der Waals surface area contributed by atoms with Crippen LogP contribution in [0.25, 0.3) is 71.3 Å². The molecule has 1 aliphatic rings. The number of aromatic nitrogens is 1. The highest BCUT2D eigenvalue weighted by molar-refractivity contribution is 9.10. The summed E-state index contributed by atoms with van der Waals surface area (Å²) in [5.74, 6) is 0. The van der Waals surface area contributed by atoms with Crippen LogP contribution in [0.5, 0.6) is 0 Å². The molecule has 2 heteroatoms. The molecule has 0 saturated carbocycles. The Kier molecular flexibility index (Phi) is 6.68. The van der Waals surface area contributed by atoms with E-state index in [1.54, 1.807) is 0 Å². The molecule has 0 aliphatic heterocycles. The molecule has 0 amide bonds. The highest BCUT2D eigenvalue weighted by Gasteiger charge is 2.46. The summed E-state index contributed by atoms with van der Waals surface area (Å²) in [7, 11) is 0. The van der Waals surface area contributed by atoms with Crippen LogP contribution < -0.4 is 0 Å². The summed E-state index contributed by atoms with van der Waals surface area (Å²) in [5.41, 5.74) is 13.3. The quantitative estimate of drug-likeness (QED) is 0.159. The number of nitrogens with zero attached hydrogens (tertiary/aromatic N) is 1. The van der Waals surface area contributed by atoms with Crippen molar-refractivity contribution < 1.29 is 0 Å². The first-order chi connectivity index (χ1) is 26.2.